The number of hydrogen-bond acceptors (Lipinski definition) is 2. The van der Waals surface area contributed by atoms with Gasteiger partial charge in [0.2, 0.25) is 0 Å². The number of benzene rings is 1. The van der Waals surface area contributed by atoms with Crippen LogP contribution in [0.25, 0.3) is 0 Å². The molecule has 0 spiro atoms. The van der Waals surface area contributed by atoms with Gasteiger partial charge in [-0.15, -0.1) is 0 Å². The van der Waals surface area contributed by atoms with Gasteiger partial charge in [-0.3, -0.25) is 23.8 Å². The average Bonchev–Trinajstić information content (AvgIpc) is 2.09. The first kappa shape index (κ1) is 14.8. The Kier molecular flexibility index (Phi) is 8.97. The van der Waals surface area contributed by atoms with Crippen LogP contribution in [-0.2, 0) is 0 Å². The molecule has 1 aromatic carbocycles. The molecule has 0 atom stereocenters. The largest absolute Gasteiger partial charge is 1.00 e. The van der Waals surface area contributed by atoms with Gasteiger partial charge >= 0.3 is 37.7 Å². The molecule has 13 heavy (non-hydrogen) atoms. The minimum atomic E-state index is 0. The minimum Gasteiger partial charge on any atom is -0.278 e. The summed E-state index contributed by atoms with van der Waals surface area (Å²) in [5.74, 6) is 0.127. The molecule has 1 rings (SSSR count). The molecule has 52 valence electrons. The number of nitriles is 2. The van der Waals surface area contributed by atoms with Crippen LogP contribution in [0.3, 0.4) is 0 Å². The van der Waals surface area contributed by atoms with Crippen molar-refractivity contribution in [2.24, 2.45) is 0 Å². The van der Waals surface area contributed by atoms with E-state index in [1.54, 1.807) is 36.4 Å². The molecule has 0 amide bonds. The zero-order chi connectivity index (χ0) is 8.10. The van der Waals surface area contributed by atoms with Crippen LogP contribution in [0.2, 0.25) is 0 Å². The quantitative estimate of drug-likeness (QED) is 0.302. The van der Waals surface area contributed by atoms with Gasteiger partial charge in [0.15, 0.2) is 0 Å². The summed E-state index contributed by atoms with van der Waals surface area (Å²) in [7, 11) is 0. The first-order valence-electron chi connectivity index (χ1n) is 3.02. The van der Waals surface area contributed by atoms with Gasteiger partial charge in [-0.25, -0.2) is 22.7 Å². The molecule has 0 fully saturated rings. The molecule has 1 aromatic rings. The van der Waals surface area contributed by atoms with Crippen LogP contribution in [0, 0.1) is 34.6 Å². The molecular formula is C9H4Li2N2. The van der Waals surface area contributed by atoms with Gasteiger partial charge in [-0.05, 0) is 5.92 Å². The summed E-state index contributed by atoms with van der Waals surface area (Å²) in [6, 6.07) is 13.2. The summed E-state index contributed by atoms with van der Waals surface area (Å²) in [6.07, 6.45) is 0. The van der Waals surface area contributed by atoms with E-state index in [0.717, 1.165) is 0 Å². The average molecular weight is 154 g/mol. The van der Waals surface area contributed by atoms with Crippen LogP contribution in [0.5, 0.6) is 0 Å². The van der Waals surface area contributed by atoms with Crippen LogP contribution in [-0.4, -0.2) is 0 Å². The predicted octanol–water partition coefficient (Wildman–Crippen LogP) is -4.54. The Morgan fingerprint density at radius 3 is 2.23 bits per heavy atom. The third-order valence-corrected chi connectivity index (χ3v) is 1.22. The molecule has 0 unspecified atom stereocenters. The van der Waals surface area contributed by atoms with E-state index in [9.17, 15) is 0 Å². The molecule has 4 heteroatoms. The van der Waals surface area contributed by atoms with Crippen molar-refractivity contribution >= 4 is 0 Å². The van der Waals surface area contributed by atoms with Crippen LogP contribution in [0.15, 0.2) is 24.3 Å². The van der Waals surface area contributed by atoms with Crippen molar-refractivity contribution in [3.63, 3.8) is 0 Å². The summed E-state index contributed by atoms with van der Waals surface area (Å²) in [5.41, 5.74) is 0.623. The van der Waals surface area contributed by atoms with Crippen molar-refractivity contribution in [3.8, 4) is 12.1 Å². The SMILES string of the molecule is N#C[C-](C#N)c1c[c-]ccc1.[Li+].[Li+]. The Morgan fingerprint density at radius 2 is 1.85 bits per heavy atom. The topological polar surface area (TPSA) is 47.6 Å². The number of rotatable bonds is 1. The van der Waals surface area contributed by atoms with E-state index in [1.807, 2.05) is 0 Å². The molecule has 0 heterocycles. The van der Waals surface area contributed by atoms with Gasteiger partial charge in [-0.2, -0.15) is 0 Å². The molecule has 0 N–H and O–H groups in total. The van der Waals surface area contributed by atoms with Gasteiger partial charge in [0.05, 0.1) is 0 Å². The summed E-state index contributed by atoms with van der Waals surface area (Å²) < 4.78 is 0. The van der Waals surface area contributed by atoms with Gasteiger partial charge < -0.3 is 0 Å². The maximum atomic E-state index is 8.46. The molecule has 2 nitrogen and oxygen atoms in total. The van der Waals surface area contributed by atoms with Crippen LogP contribution in [0.4, 0.5) is 0 Å². The van der Waals surface area contributed by atoms with E-state index in [2.05, 4.69) is 6.07 Å². The second kappa shape index (κ2) is 7.89. The Hall–Kier alpha value is -0.735. The van der Waals surface area contributed by atoms with E-state index in [-0.39, 0.29) is 43.6 Å². The normalized spacial score (nSPS) is 6.62. The Bertz CT molecular complexity index is 297. The zero-order valence-corrected chi connectivity index (χ0v) is 7.70. The van der Waals surface area contributed by atoms with Gasteiger partial charge in [0, 0.05) is 12.1 Å². The smallest absolute Gasteiger partial charge is 0.278 e. The van der Waals surface area contributed by atoms with Gasteiger partial charge in [0.25, 0.3) is 0 Å². The third kappa shape index (κ3) is 4.15. The molecule has 0 aliphatic carbocycles. The minimum absolute atomic E-state index is 0. The maximum Gasteiger partial charge on any atom is 1.00 e. The summed E-state index contributed by atoms with van der Waals surface area (Å²) in [4.78, 5) is 0. The maximum absolute atomic E-state index is 8.46. The summed E-state index contributed by atoms with van der Waals surface area (Å²) in [5, 5.41) is 16.9. The molecule has 0 radical (unpaired) electrons. The molecular weight excluding hydrogens is 150 g/mol. The second-order valence-corrected chi connectivity index (χ2v) is 1.89. The molecule has 0 saturated carbocycles. The van der Waals surface area contributed by atoms with Crippen molar-refractivity contribution < 1.29 is 37.7 Å². The Labute approximate surface area is 102 Å². The fourth-order valence-electron chi connectivity index (χ4n) is 0.703. The third-order valence-electron chi connectivity index (χ3n) is 1.22. The molecule has 0 bridgehead atoms. The monoisotopic (exact) mass is 154 g/mol. The van der Waals surface area contributed by atoms with Crippen LogP contribution in [0.1, 0.15) is 5.56 Å². The van der Waals surface area contributed by atoms with Crippen LogP contribution < -0.4 is 37.7 Å². The number of hydrogen-bond donors (Lipinski definition) is 0. The van der Waals surface area contributed by atoms with Crippen molar-refractivity contribution in [2.45, 2.75) is 0 Å². The molecule has 0 aromatic heterocycles. The number of nitrogens with zero attached hydrogens (tertiary/aromatic N) is 2. The molecule has 0 aliphatic heterocycles. The molecule has 0 aliphatic rings. The van der Waals surface area contributed by atoms with Crippen molar-refractivity contribution in [2.75, 3.05) is 0 Å². The van der Waals surface area contributed by atoms with E-state index in [1.165, 1.54) is 0 Å². The van der Waals surface area contributed by atoms with Crippen LogP contribution >= 0.6 is 0 Å². The fraction of sp³-hybridized carbons (Fsp3) is 0. The fourth-order valence-corrected chi connectivity index (χ4v) is 0.703. The second-order valence-electron chi connectivity index (χ2n) is 1.89. The Balaban J connectivity index is 0. The van der Waals surface area contributed by atoms with Gasteiger partial charge in [-0.1, -0.05) is 0 Å². The molecule has 0 saturated heterocycles. The summed E-state index contributed by atoms with van der Waals surface area (Å²) in [6.45, 7) is 0. The zero-order valence-electron chi connectivity index (χ0n) is 7.70. The Morgan fingerprint density at radius 1 is 1.23 bits per heavy atom. The first-order valence-corrected chi connectivity index (χ1v) is 3.02. The van der Waals surface area contributed by atoms with E-state index < -0.39 is 0 Å². The van der Waals surface area contributed by atoms with Crippen molar-refractivity contribution in [3.05, 3.63) is 41.8 Å². The standard InChI is InChI=1S/C9H4N2.2Li/c10-6-9(7-11)8-4-2-1-3-5-8;;/h1-2,4-5H;;/q-2;2*+1. The van der Waals surface area contributed by atoms with E-state index in [4.69, 9.17) is 10.5 Å². The van der Waals surface area contributed by atoms with Gasteiger partial charge in [0.1, 0.15) is 0 Å². The predicted molar refractivity (Wildman–Crippen MR) is 38.8 cm³/mol. The summed E-state index contributed by atoms with van der Waals surface area (Å²) >= 11 is 0. The van der Waals surface area contributed by atoms with E-state index >= 15 is 0 Å². The van der Waals surface area contributed by atoms with Crippen molar-refractivity contribution in [1.29, 1.82) is 10.5 Å². The van der Waals surface area contributed by atoms with E-state index in [0.29, 0.717) is 5.56 Å². The van der Waals surface area contributed by atoms with Crippen molar-refractivity contribution in [1.82, 2.24) is 0 Å². The first-order chi connectivity index (χ1) is 5.38.